The Labute approximate surface area is 122 Å². The van der Waals surface area contributed by atoms with Gasteiger partial charge in [0.05, 0.1) is 5.69 Å². The Balaban J connectivity index is 1.64. The van der Waals surface area contributed by atoms with E-state index >= 15 is 0 Å². The molecule has 0 spiro atoms. The van der Waals surface area contributed by atoms with Crippen LogP contribution in [0.3, 0.4) is 0 Å². The second kappa shape index (κ2) is 6.57. The molecular formula is C17H27N3. The molecule has 3 nitrogen and oxygen atoms in total. The van der Waals surface area contributed by atoms with Gasteiger partial charge in [0, 0.05) is 31.0 Å². The Morgan fingerprint density at radius 1 is 1.30 bits per heavy atom. The molecule has 2 fully saturated rings. The average molecular weight is 273 g/mol. The summed E-state index contributed by atoms with van der Waals surface area (Å²) in [6.45, 7) is 5.53. The van der Waals surface area contributed by atoms with Gasteiger partial charge < -0.3 is 5.32 Å². The Morgan fingerprint density at radius 2 is 2.20 bits per heavy atom. The van der Waals surface area contributed by atoms with Gasteiger partial charge in [0.15, 0.2) is 0 Å². The van der Waals surface area contributed by atoms with Crippen LogP contribution in [0.5, 0.6) is 0 Å². The van der Waals surface area contributed by atoms with Crippen LogP contribution in [0, 0.1) is 5.92 Å². The minimum absolute atomic E-state index is 0.831. The van der Waals surface area contributed by atoms with E-state index in [2.05, 4.69) is 34.3 Å². The van der Waals surface area contributed by atoms with Gasteiger partial charge in [0.25, 0.3) is 0 Å². The number of anilines is 1. The Hall–Kier alpha value is -1.09. The number of nitrogens with one attached hydrogen (secondary N) is 1. The Morgan fingerprint density at radius 3 is 3.10 bits per heavy atom. The maximum Gasteiger partial charge on any atom is 0.0564 e. The quantitative estimate of drug-likeness (QED) is 0.887. The predicted molar refractivity (Wildman–Crippen MR) is 83.8 cm³/mol. The van der Waals surface area contributed by atoms with E-state index in [-0.39, 0.29) is 0 Å². The summed E-state index contributed by atoms with van der Waals surface area (Å²) in [6, 6.07) is 5.14. The van der Waals surface area contributed by atoms with Crippen LogP contribution in [0.2, 0.25) is 0 Å². The Kier molecular flexibility index (Phi) is 4.56. The van der Waals surface area contributed by atoms with E-state index in [9.17, 15) is 0 Å². The fourth-order valence-corrected chi connectivity index (χ4v) is 3.91. The molecule has 1 saturated heterocycles. The van der Waals surface area contributed by atoms with Crippen LogP contribution in [0.4, 0.5) is 5.69 Å². The topological polar surface area (TPSA) is 28.2 Å². The number of likely N-dealkylation sites (tertiary alicyclic amines) is 1. The number of rotatable bonds is 5. The second-order valence-electron chi connectivity index (χ2n) is 6.33. The third kappa shape index (κ3) is 3.14. The van der Waals surface area contributed by atoms with E-state index in [0.29, 0.717) is 0 Å². The van der Waals surface area contributed by atoms with Gasteiger partial charge in [0.1, 0.15) is 0 Å². The minimum Gasteiger partial charge on any atom is -0.385 e. The normalized spacial score (nSPS) is 26.4. The van der Waals surface area contributed by atoms with E-state index in [1.807, 2.05) is 6.20 Å². The molecule has 20 heavy (non-hydrogen) atoms. The molecule has 2 aliphatic rings. The lowest BCUT2D eigenvalue weighted by atomic mass is 9.92. The molecule has 1 aliphatic heterocycles. The molecule has 0 radical (unpaired) electrons. The van der Waals surface area contributed by atoms with Crippen molar-refractivity contribution < 1.29 is 0 Å². The first-order valence-corrected chi connectivity index (χ1v) is 8.29. The first kappa shape index (κ1) is 13.9. The molecule has 2 unspecified atom stereocenters. The highest BCUT2D eigenvalue weighted by Gasteiger charge is 2.34. The average Bonchev–Trinajstić information content (AvgIpc) is 2.95. The van der Waals surface area contributed by atoms with Crippen LogP contribution in [0.15, 0.2) is 18.3 Å². The first-order valence-electron chi connectivity index (χ1n) is 8.29. The maximum absolute atomic E-state index is 4.57. The lowest BCUT2D eigenvalue weighted by Gasteiger charge is -2.37. The number of hydrogen-bond acceptors (Lipinski definition) is 3. The molecule has 0 amide bonds. The molecule has 3 heteroatoms. The van der Waals surface area contributed by atoms with Crippen LogP contribution >= 0.6 is 0 Å². The van der Waals surface area contributed by atoms with E-state index in [0.717, 1.165) is 31.5 Å². The van der Waals surface area contributed by atoms with Gasteiger partial charge in [-0.3, -0.25) is 9.88 Å². The fraction of sp³-hybridized carbons (Fsp3) is 0.706. The number of nitrogens with zero attached hydrogens (tertiary/aromatic N) is 2. The summed E-state index contributed by atoms with van der Waals surface area (Å²) in [7, 11) is 0. The lowest BCUT2D eigenvalue weighted by Crippen LogP contribution is -2.42. The SMILES string of the molecule is CCCNc1ccnc(CN2CCCC3CCCC32)c1. The zero-order valence-corrected chi connectivity index (χ0v) is 12.6. The first-order chi connectivity index (χ1) is 9.86. The third-order valence-corrected chi connectivity index (χ3v) is 4.87. The van der Waals surface area contributed by atoms with Crippen LogP contribution < -0.4 is 5.32 Å². The van der Waals surface area contributed by atoms with Crippen LogP contribution in [0.1, 0.15) is 51.1 Å². The fourth-order valence-electron chi connectivity index (χ4n) is 3.91. The summed E-state index contributed by atoms with van der Waals surface area (Å²) >= 11 is 0. The van der Waals surface area contributed by atoms with Crippen LogP contribution in [-0.4, -0.2) is 29.0 Å². The standard InChI is InChI=1S/C17H27N3/c1-2-9-18-15-8-10-19-16(12-15)13-20-11-4-6-14-5-3-7-17(14)20/h8,10,12,14,17H,2-7,9,11,13H2,1H3,(H,18,19). The number of aromatic nitrogens is 1. The van der Waals surface area contributed by atoms with Crippen molar-refractivity contribution >= 4 is 5.69 Å². The van der Waals surface area contributed by atoms with E-state index in [4.69, 9.17) is 0 Å². The summed E-state index contributed by atoms with van der Waals surface area (Å²) in [4.78, 5) is 7.26. The lowest BCUT2D eigenvalue weighted by molar-refractivity contribution is 0.104. The molecule has 2 heterocycles. The van der Waals surface area contributed by atoms with Crippen molar-refractivity contribution in [3.8, 4) is 0 Å². The van der Waals surface area contributed by atoms with Crippen molar-refractivity contribution in [2.75, 3.05) is 18.4 Å². The third-order valence-electron chi connectivity index (χ3n) is 4.87. The molecule has 1 aliphatic carbocycles. The summed E-state index contributed by atoms with van der Waals surface area (Å²) in [5.74, 6) is 0.963. The zero-order chi connectivity index (χ0) is 13.8. The van der Waals surface area contributed by atoms with Crippen LogP contribution in [-0.2, 0) is 6.54 Å². The van der Waals surface area contributed by atoms with Gasteiger partial charge in [-0.05, 0) is 56.7 Å². The molecule has 110 valence electrons. The molecule has 3 rings (SSSR count). The summed E-state index contributed by atoms with van der Waals surface area (Å²) in [5, 5.41) is 3.46. The molecule has 1 aromatic rings. The van der Waals surface area contributed by atoms with E-state index < -0.39 is 0 Å². The van der Waals surface area contributed by atoms with E-state index in [1.165, 1.54) is 50.0 Å². The number of hydrogen-bond donors (Lipinski definition) is 1. The largest absolute Gasteiger partial charge is 0.385 e. The van der Waals surface area contributed by atoms with Gasteiger partial charge in [0.2, 0.25) is 0 Å². The van der Waals surface area contributed by atoms with Gasteiger partial charge in [-0.2, -0.15) is 0 Å². The molecule has 0 bridgehead atoms. The summed E-state index contributed by atoms with van der Waals surface area (Å²) < 4.78 is 0. The minimum atomic E-state index is 0.831. The monoisotopic (exact) mass is 273 g/mol. The molecule has 1 saturated carbocycles. The number of pyridine rings is 1. The van der Waals surface area contributed by atoms with Crippen LogP contribution in [0.25, 0.3) is 0 Å². The molecule has 1 aromatic heterocycles. The summed E-state index contributed by atoms with van der Waals surface area (Å²) in [6.07, 6.45) is 10.2. The van der Waals surface area contributed by atoms with Crippen molar-refractivity contribution in [3.63, 3.8) is 0 Å². The van der Waals surface area contributed by atoms with Crippen molar-refractivity contribution in [2.45, 2.75) is 58.0 Å². The van der Waals surface area contributed by atoms with Crippen molar-refractivity contribution in [2.24, 2.45) is 5.92 Å². The molecule has 0 aromatic carbocycles. The number of piperidine rings is 1. The van der Waals surface area contributed by atoms with Gasteiger partial charge in [-0.1, -0.05) is 13.3 Å². The van der Waals surface area contributed by atoms with Crippen molar-refractivity contribution in [1.82, 2.24) is 9.88 Å². The zero-order valence-electron chi connectivity index (χ0n) is 12.6. The van der Waals surface area contributed by atoms with Gasteiger partial charge in [-0.15, -0.1) is 0 Å². The smallest absolute Gasteiger partial charge is 0.0564 e. The Bertz CT molecular complexity index is 432. The highest BCUT2D eigenvalue weighted by Crippen LogP contribution is 2.37. The van der Waals surface area contributed by atoms with Gasteiger partial charge in [-0.25, -0.2) is 0 Å². The highest BCUT2D eigenvalue weighted by molar-refractivity contribution is 5.43. The van der Waals surface area contributed by atoms with Crippen molar-refractivity contribution in [1.29, 1.82) is 0 Å². The number of fused-ring (bicyclic) bond motifs is 1. The predicted octanol–water partition coefficient (Wildman–Crippen LogP) is 3.67. The highest BCUT2D eigenvalue weighted by atomic mass is 15.2. The molecule has 2 atom stereocenters. The summed E-state index contributed by atoms with van der Waals surface area (Å²) in [5.41, 5.74) is 2.44. The maximum atomic E-state index is 4.57. The van der Waals surface area contributed by atoms with Gasteiger partial charge >= 0.3 is 0 Å². The van der Waals surface area contributed by atoms with E-state index in [1.54, 1.807) is 0 Å². The molecule has 1 N–H and O–H groups in total. The van der Waals surface area contributed by atoms with Crippen molar-refractivity contribution in [3.05, 3.63) is 24.0 Å². The molecular weight excluding hydrogens is 246 g/mol. The second-order valence-corrected chi connectivity index (χ2v) is 6.33.